The van der Waals surface area contributed by atoms with Crippen LogP contribution in [0, 0.1) is 5.92 Å². The highest BCUT2D eigenvalue weighted by Crippen LogP contribution is 2.26. The van der Waals surface area contributed by atoms with Crippen molar-refractivity contribution in [3.8, 4) is 11.1 Å². The molecule has 126 valence electrons. The molecule has 2 aromatic carbocycles. The first-order valence-corrected chi connectivity index (χ1v) is 7.74. The second kappa shape index (κ2) is 7.86. The number of carbonyl (C=O) groups excluding carboxylic acids is 1. The number of hydrogen-bond acceptors (Lipinski definition) is 4. The van der Waals surface area contributed by atoms with E-state index in [0.717, 1.165) is 11.1 Å². The Labute approximate surface area is 140 Å². The van der Waals surface area contributed by atoms with E-state index in [2.05, 4.69) is 0 Å². The molecule has 24 heavy (non-hydrogen) atoms. The van der Waals surface area contributed by atoms with Gasteiger partial charge in [-0.3, -0.25) is 9.59 Å². The Morgan fingerprint density at radius 2 is 1.54 bits per heavy atom. The van der Waals surface area contributed by atoms with Crippen molar-refractivity contribution in [1.82, 2.24) is 0 Å². The van der Waals surface area contributed by atoms with Crippen LogP contribution in [0.25, 0.3) is 11.1 Å². The lowest BCUT2D eigenvalue weighted by molar-refractivity contribution is -0.141. The van der Waals surface area contributed by atoms with Crippen LogP contribution in [0.4, 0.5) is 0 Å². The summed E-state index contributed by atoms with van der Waals surface area (Å²) in [6, 6.07) is 15.9. The van der Waals surface area contributed by atoms with E-state index in [1.807, 2.05) is 42.5 Å². The van der Waals surface area contributed by atoms with Crippen molar-refractivity contribution < 1.29 is 19.8 Å². The summed E-state index contributed by atoms with van der Waals surface area (Å²) in [5.41, 5.74) is 8.06. The van der Waals surface area contributed by atoms with Gasteiger partial charge in [0.2, 0.25) is 0 Å². The quantitative estimate of drug-likeness (QED) is 0.725. The molecule has 0 saturated heterocycles. The third kappa shape index (κ3) is 4.28. The largest absolute Gasteiger partial charge is 0.480 e. The summed E-state index contributed by atoms with van der Waals surface area (Å²) in [5, 5.41) is 19.1. The first kappa shape index (κ1) is 17.8. The van der Waals surface area contributed by atoms with E-state index in [9.17, 15) is 14.7 Å². The zero-order valence-electron chi connectivity index (χ0n) is 13.4. The molecule has 0 aliphatic carbocycles. The van der Waals surface area contributed by atoms with Gasteiger partial charge in [-0.1, -0.05) is 61.5 Å². The fourth-order valence-electron chi connectivity index (χ4n) is 2.46. The van der Waals surface area contributed by atoms with Crippen molar-refractivity contribution in [1.29, 1.82) is 0 Å². The van der Waals surface area contributed by atoms with Crippen molar-refractivity contribution in [3.05, 3.63) is 60.2 Å². The smallest absolute Gasteiger partial charge is 0.320 e. The molecule has 0 radical (unpaired) electrons. The molecule has 0 aliphatic rings. The zero-order valence-corrected chi connectivity index (χ0v) is 13.4. The Hall–Kier alpha value is -2.50. The van der Waals surface area contributed by atoms with Crippen LogP contribution in [-0.2, 0) is 9.59 Å². The minimum Gasteiger partial charge on any atom is -0.480 e. The molecule has 2 unspecified atom stereocenters. The van der Waals surface area contributed by atoms with E-state index in [1.54, 1.807) is 19.1 Å². The number of aliphatic carboxylic acids is 1. The van der Waals surface area contributed by atoms with Gasteiger partial charge in [-0.05, 0) is 16.7 Å². The van der Waals surface area contributed by atoms with E-state index in [0.29, 0.717) is 5.56 Å². The highest BCUT2D eigenvalue weighted by molar-refractivity contribution is 5.87. The maximum atomic E-state index is 12.1. The van der Waals surface area contributed by atoms with Crippen molar-refractivity contribution >= 4 is 11.8 Å². The first-order valence-electron chi connectivity index (χ1n) is 7.74. The monoisotopic (exact) mass is 327 g/mol. The lowest BCUT2D eigenvalue weighted by atomic mass is 9.90. The van der Waals surface area contributed by atoms with Gasteiger partial charge in [0, 0.05) is 12.3 Å². The summed E-state index contributed by atoms with van der Waals surface area (Å²) in [7, 11) is 0. The first-order chi connectivity index (χ1) is 11.4. The number of carboxylic acid groups (broad SMARTS) is 1. The minimum atomic E-state index is -1.24. The van der Waals surface area contributed by atoms with Crippen LogP contribution in [0.5, 0.6) is 0 Å². The maximum Gasteiger partial charge on any atom is 0.320 e. The Bertz CT molecular complexity index is 697. The van der Waals surface area contributed by atoms with Gasteiger partial charge < -0.3 is 15.9 Å². The predicted octanol–water partition coefficient (Wildman–Crippen LogP) is 2.39. The Morgan fingerprint density at radius 3 is 2.08 bits per heavy atom. The van der Waals surface area contributed by atoms with Crippen LogP contribution in [0.15, 0.2) is 54.6 Å². The normalized spacial score (nSPS) is 14.6. The molecular weight excluding hydrogens is 306 g/mol. The van der Waals surface area contributed by atoms with Crippen LogP contribution >= 0.6 is 0 Å². The molecule has 0 amide bonds. The minimum absolute atomic E-state index is 0.296. The zero-order chi connectivity index (χ0) is 17.7. The fraction of sp³-hybridized carbons (Fsp3) is 0.263. The number of Topliss-reactive ketones (excluding diaryl/α,β-unsaturated/α-hetero) is 1. The molecule has 0 spiro atoms. The highest BCUT2D eigenvalue weighted by Gasteiger charge is 2.26. The van der Waals surface area contributed by atoms with Crippen LogP contribution in [0.3, 0.4) is 0 Å². The van der Waals surface area contributed by atoms with E-state index >= 15 is 0 Å². The molecule has 3 atom stereocenters. The molecule has 2 aromatic rings. The average molecular weight is 327 g/mol. The van der Waals surface area contributed by atoms with Crippen LogP contribution in [0.1, 0.15) is 25.0 Å². The summed E-state index contributed by atoms with van der Waals surface area (Å²) >= 11 is 0. The van der Waals surface area contributed by atoms with Crippen molar-refractivity contribution in [2.75, 3.05) is 0 Å². The van der Waals surface area contributed by atoms with Crippen LogP contribution in [-0.4, -0.2) is 28.0 Å². The predicted molar refractivity (Wildman–Crippen MR) is 91.2 cm³/mol. The Morgan fingerprint density at radius 1 is 1.00 bits per heavy atom. The molecule has 0 aromatic heterocycles. The molecule has 0 bridgehead atoms. The molecule has 5 heteroatoms. The van der Waals surface area contributed by atoms with Crippen molar-refractivity contribution in [2.24, 2.45) is 11.7 Å². The molecule has 0 heterocycles. The number of ketones is 1. The summed E-state index contributed by atoms with van der Waals surface area (Å²) in [5.74, 6) is -2.32. The van der Waals surface area contributed by atoms with E-state index in [1.165, 1.54) is 0 Å². The number of carboxylic acids is 1. The third-order valence-corrected chi connectivity index (χ3v) is 4.08. The molecule has 0 aliphatic heterocycles. The molecular formula is C19H21NO4. The summed E-state index contributed by atoms with van der Waals surface area (Å²) in [4.78, 5) is 22.8. The second-order valence-corrected chi connectivity index (χ2v) is 5.84. The lowest BCUT2D eigenvalue weighted by Crippen LogP contribution is -2.35. The van der Waals surface area contributed by atoms with Gasteiger partial charge in [-0.15, -0.1) is 0 Å². The molecule has 0 fully saturated rings. The maximum absolute atomic E-state index is 12.1. The number of carbonyl (C=O) groups is 2. The number of rotatable bonds is 7. The van der Waals surface area contributed by atoms with Gasteiger partial charge in [0.15, 0.2) is 0 Å². The average Bonchev–Trinajstić information content (AvgIpc) is 2.61. The summed E-state index contributed by atoms with van der Waals surface area (Å²) in [6.07, 6.45) is -1.29. The topological polar surface area (TPSA) is 101 Å². The number of aliphatic hydroxyl groups is 1. The SMILES string of the molecule is CC(C(=O)C[C@@H](N)C(=O)O)C(O)c1ccc(-c2ccccc2)cc1. The van der Waals surface area contributed by atoms with Gasteiger partial charge in [-0.2, -0.15) is 0 Å². The highest BCUT2D eigenvalue weighted by atomic mass is 16.4. The summed E-state index contributed by atoms with van der Waals surface area (Å²) < 4.78 is 0. The number of benzene rings is 2. The van der Waals surface area contributed by atoms with E-state index < -0.39 is 24.0 Å². The Kier molecular flexibility index (Phi) is 5.84. The number of aliphatic hydroxyl groups excluding tert-OH is 1. The van der Waals surface area contributed by atoms with E-state index in [-0.39, 0.29) is 12.2 Å². The van der Waals surface area contributed by atoms with Gasteiger partial charge >= 0.3 is 5.97 Å². The van der Waals surface area contributed by atoms with Crippen molar-refractivity contribution in [3.63, 3.8) is 0 Å². The van der Waals surface area contributed by atoms with Gasteiger partial charge in [0.25, 0.3) is 0 Å². The standard InChI is InChI=1S/C19H21NO4/c1-12(17(21)11-16(20)19(23)24)18(22)15-9-7-14(8-10-15)13-5-3-2-4-6-13/h2-10,12,16,18,22H,11,20H2,1H3,(H,23,24)/t12?,16-,18?/m1/s1. The third-order valence-electron chi connectivity index (χ3n) is 4.08. The van der Waals surface area contributed by atoms with Gasteiger partial charge in [0.05, 0.1) is 6.10 Å². The molecule has 2 rings (SSSR count). The van der Waals surface area contributed by atoms with E-state index in [4.69, 9.17) is 10.8 Å². The fourth-order valence-corrected chi connectivity index (χ4v) is 2.46. The Balaban J connectivity index is 2.08. The molecule has 0 saturated carbocycles. The van der Waals surface area contributed by atoms with Gasteiger partial charge in [-0.25, -0.2) is 0 Å². The van der Waals surface area contributed by atoms with Gasteiger partial charge in [0.1, 0.15) is 11.8 Å². The summed E-state index contributed by atoms with van der Waals surface area (Å²) in [6.45, 7) is 1.58. The number of hydrogen-bond donors (Lipinski definition) is 3. The van der Waals surface area contributed by atoms with Crippen LogP contribution in [0.2, 0.25) is 0 Å². The number of nitrogens with two attached hydrogens (primary N) is 1. The molecule has 4 N–H and O–H groups in total. The lowest BCUT2D eigenvalue weighted by Gasteiger charge is -2.19. The van der Waals surface area contributed by atoms with Crippen molar-refractivity contribution in [2.45, 2.75) is 25.5 Å². The molecule has 5 nitrogen and oxygen atoms in total. The second-order valence-electron chi connectivity index (χ2n) is 5.84. The van der Waals surface area contributed by atoms with Crippen LogP contribution < -0.4 is 5.73 Å².